The maximum absolute atomic E-state index is 6.12. The van der Waals surface area contributed by atoms with Crippen LogP contribution in [-0.4, -0.2) is 4.98 Å². The Hall–Kier alpha value is -1.77. The van der Waals surface area contributed by atoms with Crippen LogP contribution in [0, 0.1) is 0 Å². The molecular weight excluding hydrogens is 281 g/mol. The lowest BCUT2D eigenvalue weighted by Gasteiger charge is -2.09. The molecule has 19 heavy (non-hydrogen) atoms. The van der Waals surface area contributed by atoms with Crippen LogP contribution in [0.5, 0.6) is 11.5 Å². The first kappa shape index (κ1) is 12.3. The van der Waals surface area contributed by atoms with Gasteiger partial charge in [0, 0.05) is 16.6 Å². The van der Waals surface area contributed by atoms with Gasteiger partial charge in [0.2, 0.25) is 0 Å². The van der Waals surface area contributed by atoms with E-state index in [0.717, 1.165) is 10.9 Å². The normalized spacial score (nSPS) is 10.6. The molecule has 2 nitrogen and oxygen atoms in total. The molecule has 1 aromatic heterocycles. The minimum Gasteiger partial charge on any atom is -0.457 e. The third kappa shape index (κ3) is 2.50. The molecule has 0 aliphatic heterocycles. The minimum absolute atomic E-state index is 0.606. The van der Waals surface area contributed by atoms with Crippen molar-refractivity contribution in [2.75, 3.05) is 0 Å². The predicted molar refractivity (Wildman–Crippen MR) is 78.3 cm³/mol. The van der Waals surface area contributed by atoms with Gasteiger partial charge in [-0.15, -0.1) is 0 Å². The molecule has 0 fully saturated rings. The predicted octanol–water partition coefficient (Wildman–Crippen LogP) is 5.33. The average molecular weight is 290 g/mol. The quantitative estimate of drug-likeness (QED) is 0.636. The summed E-state index contributed by atoms with van der Waals surface area (Å²) in [6.45, 7) is 0. The van der Waals surface area contributed by atoms with E-state index in [2.05, 4.69) is 4.98 Å². The van der Waals surface area contributed by atoms with Crippen molar-refractivity contribution < 1.29 is 4.74 Å². The second-order valence-corrected chi connectivity index (χ2v) is 4.85. The van der Waals surface area contributed by atoms with Crippen LogP contribution in [0.4, 0.5) is 0 Å². The standard InChI is InChI=1S/C15H9Cl2NO/c16-10-3-1-4-11(9-10)19-14-7-8-18-15-12(14)5-2-6-13(15)17/h1-9H. The number of rotatable bonds is 2. The van der Waals surface area contributed by atoms with Gasteiger partial charge in [-0.1, -0.05) is 35.3 Å². The monoisotopic (exact) mass is 289 g/mol. The van der Waals surface area contributed by atoms with Gasteiger partial charge < -0.3 is 4.74 Å². The van der Waals surface area contributed by atoms with Crippen molar-refractivity contribution in [3.05, 3.63) is 64.8 Å². The summed E-state index contributed by atoms with van der Waals surface area (Å²) in [4.78, 5) is 4.26. The molecule has 0 amide bonds. The number of aromatic nitrogens is 1. The van der Waals surface area contributed by atoms with Crippen molar-refractivity contribution >= 4 is 34.1 Å². The number of ether oxygens (including phenoxy) is 1. The fourth-order valence-electron chi connectivity index (χ4n) is 1.86. The SMILES string of the molecule is Clc1cccc(Oc2ccnc3c(Cl)cccc23)c1. The first-order chi connectivity index (χ1) is 9.24. The van der Waals surface area contributed by atoms with Crippen molar-refractivity contribution in [3.63, 3.8) is 0 Å². The second-order valence-electron chi connectivity index (χ2n) is 4.00. The Balaban J connectivity index is 2.08. The molecule has 0 aliphatic rings. The Morgan fingerprint density at radius 1 is 0.947 bits per heavy atom. The van der Waals surface area contributed by atoms with Crippen LogP contribution in [0.3, 0.4) is 0 Å². The summed E-state index contributed by atoms with van der Waals surface area (Å²) in [5.74, 6) is 1.38. The Morgan fingerprint density at radius 3 is 2.63 bits per heavy atom. The zero-order chi connectivity index (χ0) is 13.2. The number of benzene rings is 2. The van der Waals surface area contributed by atoms with Gasteiger partial charge in [0.15, 0.2) is 0 Å². The van der Waals surface area contributed by atoms with Crippen LogP contribution < -0.4 is 4.74 Å². The number of halogens is 2. The van der Waals surface area contributed by atoms with Crippen molar-refractivity contribution in [1.82, 2.24) is 4.98 Å². The molecule has 0 N–H and O–H groups in total. The molecule has 1 heterocycles. The summed E-state index contributed by atoms with van der Waals surface area (Å²) in [6, 6.07) is 14.7. The van der Waals surface area contributed by atoms with Crippen LogP contribution in [0.25, 0.3) is 10.9 Å². The fraction of sp³-hybridized carbons (Fsp3) is 0. The molecular formula is C15H9Cl2NO. The molecule has 4 heteroatoms. The van der Waals surface area contributed by atoms with E-state index >= 15 is 0 Å². The average Bonchev–Trinajstić information content (AvgIpc) is 2.40. The molecule has 0 bridgehead atoms. The first-order valence-corrected chi connectivity index (χ1v) is 6.46. The number of hydrogen-bond donors (Lipinski definition) is 0. The van der Waals surface area contributed by atoms with Crippen molar-refractivity contribution in [1.29, 1.82) is 0 Å². The van der Waals surface area contributed by atoms with Crippen LogP contribution >= 0.6 is 23.2 Å². The molecule has 2 aromatic carbocycles. The molecule has 0 saturated heterocycles. The van der Waals surface area contributed by atoms with Gasteiger partial charge in [-0.2, -0.15) is 0 Å². The zero-order valence-electron chi connectivity index (χ0n) is 9.81. The first-order valence-electron chi connectivity index (χ1n) is 5.71. The minimum atomic E-state index is 0.606. The molecule has 0 saturated carbocycles. The van der Waals surface area contributed by atoms with Crippen LogP contribution in [0.1, 0.15) is 0 Å². The van der Waals surface area contributed by atoms with E-state index in [1.54, 1.807) is 30.5 Å². The highest BCUT2D eigenvalue weighted by molar-refractivity contribution is 6.35. The zero-order valence-corrected chi connectivity index (χ0v) is 11.3. The van der Waals surface area contributed by atoms with Crippen molar-refractivity contribution in [2.24, 2.45) is 0 Å². The van der Waals surface area contributed by atoms with Gasteiger partial charge in [-0.3, -0.25) is 4.98 Å². The highest BCUT2D eigenvalue weighted by Crippen LogP contribution is 2.32. The van der Waals surface area contributed by atoms with Gasteiger partial charge in [-0.05, 0) is 36.4 Å². The van der Waals surface area contributed by atoms with E-state index in [1.165, 1.54) is 0 Å². The summed E-state index contributed by atoms with van der Waals surface area (Å²) in [5.41, 5.74) is 0.726. The maximum Gasteiger partial charge on any atom is 0.138 e. The summed E-state index contributed by atoms with van der Waals surface area (Å²) < 4.78 is 5.84. The van der Waals surface area contributed by atoms with E-state index in [0.29, 0.717) is 21.5 Å². The third-order valence-electron chi connectivity index (χ3n) is 2.71. The van der Waals surface area contributed by atoms with Gasteiger partial charge in [-0.25, -0.2) is 0 Å². The summed E-state index contributed by atoms with van der Waals surface area (Å²) in [5, 5.41) is 2.11. The van der Waals surface area contributed by atoms with Gasteiger partial charge in [0.1, 0.15) is 11.5 Å². The number of hydrogen-bond acceptors (Lipinski definition) is 2. The molecule has 3 aromatic rings. The van der Waals surface area contributed by atoms with Crippen molar-refractivity contribution in [2.45, 2.75) is 0 Å². The molecule has 0 spiro atoms. The van der Waals surface area contributed by atoms with Gasteiger partial charge in [0.05, 0.1) is 10.5 Å². The Morgan fingerprint density at radius 2 is 1.79 bits per heavy atom. The smallest absolute Gasteiger partial charge is 0.138 e. The Bertz CT molecular complexity index is 743. The summed E-state index contributed by atoms with van der Waals surface area (Å²) >= 11 is 12.1. The van der Waals surface area contributed by atoms with Crippen LogP contribution in [-0.2, 0) is 0 Å². The number of para-hydroxylation sites is 1. The molecule has 94 valence electrons. The van der Waals surface area contributed by atoms with E-state index in [1.807, 2.05) is 24.3 Å². The summed E-state index contributed by atoms with van der Waals surface area (Å²) in [6.07, 6.45) is 1.67. The van der Waals surface area contributed by atoms with E-state index in [9.17, 15) is 0 Å². The van der Waals surface area contributed by atoms with Crippen molar-refractivity contribution in [3.8, 4) is 11.5 Å². The lowest BCUT2D eigenvalue weighted by Crippen LogP contribution is -1.88. The lowest BCUT2D eigenvalue weighted by molar-refractivity contribution is 0.488. The number of fused-ring (bicyclic) bond motifs is 1. The largest absolute Gasteiger partial charge is 0.457 e. The number of nitrogens with zero attached hydrogens (tertiary/aromatic N) is 1. The topological polar surface area (TPSA) is 22.1 Å². The number of pyridine rings is 1. The maximum atomic E-state index is 6.12. The van der Waals surface area contributed by atoms with Crippen LogP contribution in [0.15, 0.2) is 54.7 Å². The lowest BCUT2D eigenvalue weighted by atomic mass is 10.2. The molecule has 3 rings (SSSR count). The van der Waals surface area contributed by atoms with E-state index < -0.39 is 0 Å². The third-order valence-corrected chi connectivity index (χ3v) is 3.25. The Labute approximate surface area is 120 Å². The molecule has 0 unspecified atom stereocenters. The molecule has 0 aliphatic carbocycles. The fourth-order valence-corrected chi connectivity index (χ4v) is 2.26. The van der Waals surface area contributed by atoms with E-state index in [4.69, 9.17) is 27.9 Å². The van der Waals surface area contributed by atoms with Gasteiger partial charge >= 0.3 is 0 Å². The summed E-state index contributed by atoms with van der Waals surface area (Å²) in [7, 11) is 0. The molecule has 0 atom stereocenters. The molecule has 0 radical (unpaired) electrons. The highest BCUT2D eigenvalue weighted by Gasteiger charge is 2.07. The Kier molecular flexibility index (Phi) is 3.28. The van der Waals surface area contributed by atoms with Gasteiger partial charge in [0.25, 0.3) is 0 Å². The van der Waals surface area contributed by atoms with E-state index in [-0.39, 0.29) is 0 Å². The second kappa shape index (κ2) is 5.08. The highest BCUT2D eigenvalue weighted by atomic mass is 35.5. The van der Waals surface area contributed by atoms with Crippen LogP contribution in [0.2, 0.25) is 10.0 Å².